The Hall–Kier alpha value is -4.15. The minimum atomic E-state index is -4.76. The van der Waals surface area contributed by atoms with E-state index >= 15 is 0 Å². The predicted molar refractivity (Wildman–Crippen MR) is 109 cm³/mol. The number of benzene rings is 2. The van der Waals surface area contributed by atoms with E-state index < -0.39 is 12.3 Å². The molecule has 0 N–H and O–H groups in total. The number of carbonyl (C=O) groups excluding carboxylic acids is 1. The van der Waals surface area contributed by atoms with Gasteiger partial charge in [0, 0.05) is 11.3 Å². The van der Waals surface area contributed by atoms with E-state index in [4.69, 9.17) is 9.26 Å². The highest BCUT2D eigenvalue weighted by Crippen LogP contribution is 2.27. The van der Waals surface area contributed by atoms with Gasteiger partial charge in [0.25, 0.3) is 5.89 Å². The van der Waals surface area contributed by atoms with E-state index in [-0.39, 0.29) is 17.5 Å². The minimum Gasteiger partial charge on any atom is -0.465 e. The van der Waals surface area contributed by atoms with Crippen LogP contribution in [0.3, 0.4) is 0 Å². The molecule has 170 valence electrons. The van der Waals surface area contributed by atoms with Gasteiger partial charge in [0.05, 0.1) is 19.2 Å². The summed E-state index contributed by atoms with van der Waals surface area (Å²) >= 11 is 0. The number of aromatic nitrogens is 4. The molecule has 0 aliphatic carbocycles. The van der Waals surface area contributed by atoms with Gasteiger partial charge in [-0.15, -0.1) is 13.2 Å². The Morgan fingerprint density at radius 3 is 2.42 bits per heavy atom. The summed E-state index contributed by atoms with van der Waals surface area (Å²) in [6.07, 6.45) is -4.76. The zero-order chi connectivity index (χ0) is 23.6. The third kappa shape index (κ3) is 5.20. The molecule has 0 saturated heterocycles. The van der Waals surface area contributed by atoms with Crippen molar-refractivity contribution in [1.29, 1.82) is 0 Å². The van der Waals surface area contributed by atoms with Crippen molar-refractivity contribution in [3.8, 4) is 28.7 Å². The van der Waals surface area contributed by atoms with E-state index in [0.29, 0.717) is 23.4 Å². The van der Waals surface area contributed by atoms with Crippen molar-refractivity contribution in [3.05, 3.63) is 71.4 Å². The second-order valence-corrected chi connectivity index (χ2v) is 7.01. The fourth-order valence-corrected chi connectivity index (χ4v) is 3.06. The maximum atomic E-state index is 12.3. The maximum absolute atomic E-state index is 12.3. The summed E-state index contributed by atoms with van der Waals surface area (Å²) in [4.78, 5) is 15.8. The topological polar surface area (TPSA) is 92.3 Å². The molecule has 0 saturated carbocycles. The first-order valence-corrected chi connectivity index (χ1v) is 9.64. The van der Waals surface area contributed by atoms with Crippen LogP contribution in [0.1, 0.15) is 21.6 Å². The quantitative estimate of drug-likeness (QED) is 0.389. The zero-order valence-corrected chi connectivity index (χ0v) is 17.5. The van der Waals surface area contributed by atoms with Crippen molar-refractivity contribution >= 4 is 5.97 Å². The van der Waals surface area contributed by atoms with Crippen LogP contribution in [0.5, 0.6) is 5.75 Å². The number of carbonyl (C=O) groups is 1. The number of halogens is 3. The fraction of sp³-hybridized carbons (Fsp3) is 0.182. The smallest absolute Gasteiger partial charge is 0.465 e. The molecule has 11 heteroatoms. The molecule has 0 spiro atoms. The van der Waals surface area contributed by atoms with E-state index in [1.54, 1.807) is 22.9 Å². The van der Waals surface area contributed by atoms with Gasteiger partial charge in [-0.2, -0.15) is 10.1 Å². The van der Waals surface area contributed by atoms with Crippen molar-refractivity contribution in [3.63, 3.8) is 0 Å². The van der Waals surface area contributed by atoms with Crippen molar-refractivity contribution in [2.75, 3.05) is 7.11 Å². The molecular formula is C22H17F3N4O4. The van der Waals surface area contributed by atoms with Crippen LogP contribution in [-0.4, -0.2) is 39.4 Å². The third-order valence-electron chi connectivity index (χ3n) is 4.68. The Morgan fingerprint density at radius 1 is 1.09 bits per heavy atom. The molecule has 2 heterocycles. The molecule has 0 radical (unpaired) electrons. The summed E-state index contributed by atoms with van der Waals surface area (Å²) in [6, 6.07) is 13.9. The molecule has 4 aromatic rings. The van der Waals surface area contributed by atoms with Crippen LogP contribution >= 0.6 is 0 Å². The second kappa shape index (κ2) is 8.77. The number of esters is 1. The van der Waals surface area contributed by atoms with Crippen molar-refractivity contribution in [1.82, 2.24) is 19.9 Å². The van der Waals surface area contributed by atoms with E-state index in [9.17, 15) is 18.0 Å². The Kier molecular flexibility index (Phi) is 5.86. The van der Waals surface area contributed by atoms with Crippen LogP contribution in [0.25, 0.3) is 23.0 Å². The number of alkyl halides is 3. The highest BCUT2D eigenvalue weighted by atomic mass is 19.4. The first kappa shape index (κ1) is 22.1. The first-order valence-electron chi connectivity index (χ1n) is 9.64. The van der Waals surface area contributed by atoms with Crippen molar-refractivity contribution < 1.29 is 32.0 Å². The summed E-state index contributed by atoms with van der Waals surface area (Å²) in [5.41, 5.74) is 3.13. The lowest BCUT2D eigenvalue weighted by Gasteiger charge is -2.08. The molecule has 0 unspecified atom stereocenters. The molecule has 8 nitrogen and oxygen atoms in total. The number of methoxy groups -OCH3 is 1. The van der Waals surface area contributed by atoms with Gasteiger partial charge in [-0.3, -0.25) is 4.68 Å². The summed E-state index contributed by atoms with van der Waals surface area (Å²) < 4.78 is 52.5. The molecule has 33 heavy (non-hydrogen) atoms. The lowest BCUT2D eigenvalue weighted by atomic mass is 10.1. The van der Waals surface area contributed by atoms with E-state index in [2.05, 4.69) is 20.0 Å². The summed E-state index contributed by atoms with van der Waals surface area (Å²) in [7, 11) is 1.32. The average Bonchev–Trinajstić information content (AvgIpc) is 3.40. The molecule has 2 aromatic heterocycles. The number of rotatable bonds is 6. The molecule has 0 aliphatic heterocycles. The lowest BCUT2D eigenvalue weighted by molar-refractivity contribution is -0.274. The number of hydrogen-bond donors (Lipinski definition) is 0. The molecule has 0 aliphatic rings. The normalized spacial score (nSPS) is 11.4. The Balaban J connectivity index is 1.49. The van der Waals surface area contributed by atoms with Crippen LogP contribution in [0.2, 0.25) is 0 Å². The van der Waals surface area contributed by atoms with Crippen LogP contribution in [0.15, 0.2) is 59.1 Å². The van der Waals surface area contributed by atoms with Crippen LogP contribution in [0.4, 0.5) is 13.2 Å². The third-order valence-corrected chi connectivity index (χ3v) is 4.68. The van der Waals surface area contributed by atoms with Crippen LogP contribution in [0, 0.1) is 6.92 Å². The minimum absolute atomic E-state index is 0.170. The highest BCUT2D eigenvalue weighted by Gasteiger charge is 2.31. The fourth-order valence-electron chi connectivity index (χ4n) is 3.06. The molecule has 0 atom stereocenters. The van der Waals surface area contributed by atoms with Crippen molar-refractivity contribution in [2.24, 2.45) is 0 Å². The Bertz CT molecular complexity index is 1260. The molecular weight excluding hydrogens is 441 g/mol. The van der Waals surface area contributed by atoms with Gasteiger partial charge in [0.1, 0.15) is 5.75 Å². The summed E-state index contributed by atoms with van der Waals surface area (Å²) in [5.74, 6) is -0.379. The predicted octanol–water partition coefficient (Wildman–Crippen LogP) is 4.64. The van der Waals surface area contributed by atoms with E-state index in [1.807, 2.05) is 19.1 Å². The average molecular weight is 458 g/mol. The second-order valence-electron chi connectivity index (χ2n) is 7.01. The monoisotopic (exact) mass is 458 g/mol. The zero-order valence-electron chi connectivity index (χ0n) is 17.5. The number of ether oxygens (including phenoxy) is 2. The van der Waals surface area contributed by atoms with Crippen LogP contribution in [-0.2, 0) is 11.3 Å². The lowest BCUT2D eigenvalue weighted by Crippen LogP contribution is -2.16. The molecule has 2 aromatic carbocycles. The standard InChI is InChI=1S/C22H17F3N4O4/c1-13-11-18(27-29(13)12-14-3-5-16(6-4-14)21(30)31-2)20-26-19(28-33-20)15-7-9-17(10-8-15)32-22(23,24)25/h3-11H,12H2,1-2H3. The van der Waals surface area contributed by atoms with Gasteiger partial charge in [-0.05, 0) is 55.0 Å². The van der Waals surface area contributed by atoms with Gasteiger partial charge in [0.15, 0.2) is 5.69 Å². The highest BCUT2D eigenvalue weighted by molar-refractivity contribution is 5.89. The maximum Gasteiger partial charge on any atom is 0.573 e. The summed E-state index contributed by atoms with van der Waals surface area (Å²) in [5, 5.41) is 8.38. The van der Waals surface area contributed by atoms with Gasteiger partial charge < -0.3 is 14.0 Å². The molecule has 0 fully saturated rings. The van der Waals surface area contributed by atoms with E-state index in [1.165, 1.54) is 31.4 Å². The Labute approximate surface area is 185 Å². The number of nitrogens with zero attached hydrogens (tertiary/aromatic N) is 4. The van der Waals surface area contributed by atoms with Gasteiger partial charge in [-0.1, -0.05) is 17.3 Å². The van der Waals surface area contributed by atoms with E-state index in [0.717, 1.165) is 11.3 Å². The van der Waals surface area contributed by atoms with Gasteiger partial charge in [0.2, 0.25) is 5.82 Å². The van der Waals surface area contributed by atoms with Gasteiger partial charge >= 0.3 is 12.3 Å². The SMILES string of the molecule is COC(=O)c1ccc(Cn2nc(-c3nc(-c4ccc(OC(F)(F)F)cc4)no3)cc2C)cc1. The first-order chi connectivity index (χ1) is 15.7. The largest absolute Gasteiger partial charge is 0.573 e. The molecule has 4 rings (SSSR count). The van der Waals surface area contributed by atoms with Crippen molar-refractivity contribution in [2.45, 2.75) is 19.8 Å². The summed E-state index contributed by atoms with van der Waals surface area (Å²) in [6.45, 7) is 2.32. The Morgan fingerprint density at radius 2 is 1.79 bits per heavy atom. The van der Waals surface area contributed by atoms with Crippen LogP contribution < -0.4 is 4.74 Å². The molecule has 0 amide bonds. The van der Waals surface area contributed by atoms with Gasteiger partial charge in [-0.25, -0.2) is 4.79 Å². The number of aryl methyl sites for hydroxylation is 1. The number of hydrogen-bond acceptors (Lipinski definition) is 7. The molecule has 0 bridgehead atoms.